The van der Waals surface area contributed by atoms with E-state index in [2.05, 4.69) is 12.2 Å². The number of hydrogen-bond acceptors (Lipinski definition) is 3. The van der Waals surface area contributed by atoms with E-state index in [4.69, 9.17) is 4.74 Å². The van der Waals surface area contributed by atoms with E-state index in [0.29, 0.717) is 12.6 Å². The molecule has 0 spiro atoms. The standard InChI is InChI=1S/C12H26N2O2/c1-7-8-10(13-5)9-14(6)11(15)16-12(2,3)4/h10,13H,7-9H2,1-6H3. The van der Waals surface area contributed by atoms with E-state index in [1.165, 1.54) is 0 Å². The minimum absolute atomic E-state index is 0.260. The molecule has 1 N–H and O–H groups in total. The SMILES string of the molecule is CCCC(CN(C)C(=O)OC(C)(C)C)NC. The molecule has 1 unspecified atom stereocenters. The quantitative estimate of drug-likeness (QED) is 0.787. The van der Waals surface area contributed by atoms with Gasteiger partial charge in [0.2, 0.25) is 0 Å². The Bertz CT molecular complexity index is 212. The number of nitrogens with one attached hydrogen (secondary N) is 1. The van der Waals surface area contributed by atoms with Gasteiger partial charge in [0.05, 0.1) is 0 Å². The molecule has 0 heterocycles. The first-order chi connectivity index (χ1) is 7.30. The highest BCUT2D eigenvalue weighted by atomic mass is 16.6. The molecule has 0 fully saturated rings. The second kappa shape index (κ2) is 6.74. The monoisotopic (exact) mass is 230 g/mol. The van der Waals surface area contributed by atoms with Crippen LogP contribution in [-0.2, 0) is 4.74 Å². The van der Waals surface area contributed by atoms with Gasteiger partial charge in [-0.1, -0.05) is 13.3 Å². The largest absolute Gasteiger partial charge is 0.444 e. The maximum atomic E-state index is 11.7. The summed E-state index contributed by atoms with van der Waals surface area (Å²) in [5.41, 5.74) is -0.425. The zero-order valence-electron chi connectivity index (χ0n) is 11.5. The Morgan fingerprint density at radius 3 is 2.38 bits per heavy atom. The van der Waals surface area contributed by atoms with E-state index in [-0.39, 0.29) is 6.09 Å². The van der Waals surface area contributed by atoms with Gasteiger partial charge in [0.25, 0.3) is 0 Å². The molecule has 0 rings (SSSR count). The molecule has 16 heavy (non-hydrogen) atoms. The Hall–Kier alpha value is -0.770. The topological polar surface area (TPSA) is 41.6 Å². The highest BCUT2D eigenvalue weighted by molar-refractivity contribution is 5.67. The minimum atomic E-state index is -0.425. The van der Waals surface area contributed by atoms with Crippen molar-refractivity contribution in [3.05, 3.63) is 0 Å². The van der Waals surface area contributed by atoms with Crippen LogP contribution in [0.2, 0.25) is 0 Å². The van der Waals surface area contributed by atoms with Crippen molar-refractivity contribution in [2.75, 3.05) is 20.6 Å². The van der Waals surface area contributed by atoms with Crippen molar-refractivity contribution in [2.24, 2.45) is 0 Å². The highest BCUT2D eigenvalue weighted by Crippen LogP contribution is 2.09. The molecule has 0 aromatic heterocycles. The molecule has 1 amide bonds. The van der Waals surface area contributed by atoms with Crippen molar-refractivity contribution in [3.8, 4) is 0 Å². The number of carbonyl (C=O) groups is 1. The zero-order chi connectivity index (χ0) is 12.8. The summed E-state index contributed by atoms with van der Waals surface area (Å²) in [6.07, 6.45) is 1.90. The third-order valence-electron chi connectivity index (χ3n) is 2.24. The maximum Gasteiger partial charge on any atom is 0.410 e. The average Bonchev–Trinajstić information content (AvgIpc) is 2.14. The van der Waals surface area contributed by atoms with Crippen LogP contribution in [-0.4, -0.2) is 43.3 Å². The third-order valence-corrected chi connectivity index (χ3v) is 2.24. The fourth-order valence-electron chi connectivity index (χ4n) is 1.42. The summed E-state index contributed by atoms with van der Waals surface area (Å²) < 4.78 is 5.28. The van der Waals surface area contributed by atoms with Crippen LogP contribution in [0.25, 0.3) is 0 Å². The maximum absolute atomic E-state index is 11.7. The second-order valence-corrected chi connectivity index (χ2v) is 5.14. The van der Waals surface area contributed by atoms with Crippen LogP contribution in [0.4, 0.5) is 4.79 Å². The van der Waals surface area contributed by atoms with Gasteiger partial charge in [0.15, 0.2) is 0 Å². The molecule has 0 aromatic rings. The Balaban J connectivity index is 4.13. The minimum Gasteiger partial charge on any atom is -0.444 e. The molecular formula is C12H26N2O2. The summed E-state index contributed by atoms with van der Waals surface area (Å²) in [6, 6.07) is 0.336. The molecular weight excluding hydrogens is 204 g/mol. The van der Waals surface area contributed by atoms with Gasteiger partial charge in [-0.05, 0) is 34.2 Å². The van der Waals surface area contributed by atoms with E-state index < -0.39 is 5.60 Å². The normalized spacial score (nSPS) is 13.4. The molecule has 0 aliphatic rings. The van der Waals surface area contributed by atoms with Crippen molar-refractivity contribution in [3.63, 3.8) is 0 Å². The van der Waals surface area contributed by atoms with Crippen LogP contribution >= 0.6 is 0 Å². The molecule has 4 nitrogen and oxygen atoms in total. The van der Waals surface area contributed by atoms with E-state index >= 15 is 0 Å². The Kier molecular flexibility index (Phi) is 6.41. The van der Waals surface area contributed by atoms with Crippen LogP contribution < -0.4 is 5.32 Å². The lowest BCUT2D eigenvalue weighted by molar-refractivity contribution is 0.0283. The third kappa shape index (κ3) is 6.67. The van der Waals surface area contributed by atoms with E-state index in [1.807, 2.05) is 27.8 Å². The molecule has 4 heteroatoms. The molecule has 0 saturated carbocycles. The number of amides is 1. The van der Waals surface area contributed by atoms with Crippen molar-refractivity contribution in [1.82, 2.24) is 10.2 Å². The number of nitrogens with zero attached hydrogens (tertiary/aromatic N) is 1. The van der Waals surface area contributed by atoms with Gasteiger partial charge in [-0.25, -0.2) is 4.79 Å². The van der Waals surface area contributed by atoms with Gasteiger partial charge in [-0.3, -0.25) is 0 Å². The van der Waals surface area contributed by atoms with Crippen molar-refractivity contribution in [1.29, 1.82) is 0 Å². The average molecular weight is 230 g/mol. The molecule has 0 aromatic carbocycles. The van der Waals surface area contributed by atoms with Crippen molar-refractivity contribution in [2.45, 2.75) is 52.2 Å². The Morgan fingerprint density at radius 2 is 2.00 bits per heavy atom. The summed E-state index contributed by atoms with van der Waals surface area (Å²) in [5, 5.41) is 3.20. The first kappa shape index (κ1) is 15.2. The van der Waals surface area contributed by atoms with Crippen molar-refractivity contribution >= 4 is 6.09 Å². The summed E-state index contributed by atoms with van der Waals surface area (Å²) >= 11 is 0. The van der Waals surface area contributed by atoms with Crippen LogP contribution in [0.5, 0.6) is 0 Å². The molecule has 1 atom stereocenters. The Labute approximate surface area is 99.3 Å². The van der Waals surface area contributed by atoms with Crippen LogP contribution in [0, 0.1) is 0 Å². The summed E-state index contributed by atoms with van der Waals surface area (Å²) in [4.78, 5) is 13.3. The smallest absolute Gasteiger partial charge is 0.410 e. The van der Waals surface area contributed by atoms with Crippen molar-refractivity contribution < 1.29 is 9.53 Å². The van der Waals surface area contributed by atoms with Gasteiger partial charge in [-0.15, -0.1) is 0 Å². The van der Waals surface area contributed by atoms with Crippen LogP contribution in [0.1, 0.15) is 40.5 Å². The van der Waals surface area contributed by atoms with Gasteiger partial charge in [0.1, 0.15) is 5.60 Å². The zero-order valence-corrected chi connectivity index (χ0v) is 11.5. The molecule has 0 radical (unpaired) electrons. The predicted molar refractivity (Wildman–Crippen MR) is 66.6 cm³/mol. The molecule has 0 aliphatic heterocycles. The number of rotatable bonds is 5. The first-order valence-corrected chi connectivity index (χ1v) is 5.91. The Morgan fingerprint density at radius 1 is 1.44 bits per heavy atom. The fraction of sp³-hybridized carbons (Fsp3) is 0.917. The number of hydrogen-bond donors (Lipinski definition) is 1. The number of likely N-dealkylation sites (N-methyl/N-ethyl adjacent to an activating group) is 2. The van der Waals surface area contributed by atoms with Gasteiger partial charge >= 0.3 is 6.09 Å². The molecule has 0 aliphatic carbocycles. The van der Waals surface area contributed by atoms with E-state index in [9.17, 15) is 4.79 Å². The molecule has 0 bridgehead atoms. The number of carbonyl (C=O) groups excluding carboxylic acids is 1. The number of ether oxygens (including phenoxy) is 1. The van der Waals surface area contributed by atoms with Gasteiger partial charge in [0, 0.05) is 19.6 Å². The van der Waals surface area contributed by atoms with Crippen LogP contribution in [0.3, 0.4) is 0 Å². The highest BCUT2D eigenvalue weighted by Gasteiger charge is 2.21. The molecule has 96 valence electrons. The van der Waals surface area contributed by atoms with Crippen LogP contribution in [0.15, 0.2) is 0 Å². The predicted octanol–water partition coefficient (Wildman–Crippen LogP) is 2.24. The van der Waals surface area contributed by atoms with E-state index in [0.717, 1.165) is 12.8 Å². The van der Waals surface area contributed by atoms with Gasteiger partial charge < -0.3 is 15.0 Å². The summed E-state index contributed by atoms with van der Waals surface area (Å²) in [5.74, 6) is 0. The first-order valence-electron chi connectivity index (χ1n) is 5.91. The lowest BCUT2D eigenvalue weighted by Gasteiger charge is -2.27. The molecule has 0 saturated heterocycles. The second-order valence-electron chi connectivity index (χ2n) is 5.14. The summed E-state index contributed by atoms with van der Waals surface area (Å²) in [6.45, 7) is 8.44. The lowest BCUT2D eigenvalue weighted by Crippen LogP contribution is -2.42. The van der Waals surface area contributed by atoms with Gasteiger partial charge in [-0.2, -0.15) is 0 Å². The fourth-order valence-corrected chi connectivity index (χ4v) is 1.42. The summed E-state index contributed by atoms with van der Waals surface area (Å²) in [7, 11) is 3.69. The lowest BCUT2D eigenvalue weighted by atomic mass is 10.1. The van der Waals surface area contributed by atoms with E-state index in [1.54, 1.807) is 11.9 Å².